The first kappa shape index (κ1) is 22.3. The summed E-state index contributed by atoms with van der Waals surface area (Å²) in [4.78, 5) is 20.1. The fraction of sp³-hybridized carbons (Fsp3) is 0.320. The number of carbonyl (C=O) groups excluding carboxylic acids is 1. The first-order chi connectivity index (χ1) is 16.5. The van der Waals surface area contributed by atoms with Crippen LogP contribution >= 0.6 is 0 Å². The minimum absolute atomic E-state index is 0.321. The van der Waals surface area contributed by atoms with Crippen molar-refractivity contribution in [3.63, 3.8) is 0 Å². The van der Waals surface area contributed by atoms with Gasteiger partial charge < -0.3 is 14.8 Å². The summed E-state index contributed by atoms with van der Waals surface area (Å²) >= 11 is 0. The Balaban J connectivity index is 1.17. The van der Waals surface area contributed by atoms with Gasteiger partial charge in [-0.05, 0) is 61.4 Å². The van der Waals surface area contributed by atoms with E-state index >= 15 is 0 Å². The molecule has 0 atom stereocenters. The normalized spacial score (nSPS) is 16.1. The Kier molecular flexibility index (Phi) is 6.19. The molecule has 1 aromatic heterocycles. The molecule has 2 aromatic carbocycles. The van der Waals surface area contributed by atoms with E-state index in [2.05, 4.69) is 15.3 Å². The monoisotopic (exact) mass is 479 g/mol. The topological polar surface area (TPSA) is 107 Å². The number of benzene rings is 2. The van der Waals surface area contributed by atoms with Crippen LogP contribution in [-0.2, 0) is 17.3 Å². The van der Waals surface area contributed by atoms with Crippen molar-refractivity contribution in [1.82, 2.24) is 15.3 Å². The van der Waals surface area contributed by atoms with E-state index in [9.17, 15) is 13.2 Å². The number of amides is 1. The average Bonchev–Trinajstić information content (AvgIpc) is 3.79. The SMILES string of the molecule is O=C(NC1([SH](=O)=O)CC1)c1ccc(COc2cccc(-c3cnc(OCC4CC4)cn3)c2)cc1. The van der Waals surface area contributed by atoms with Crippen LogP contribution in [0.25, 0.3) is 11.3 Å². The molecular weight excluding hydrogens is 454 g/mol. The molecule has 9 heteroatoms. The van der Waals surface area contributed by atoms with Crippen molar-refractivity contribution in [2.75, 3.05) is 6.61 Å². The van der Waals surface area contributed by atoms with E-state index in [0.717, 1.165) is 16.8 Å². The lowest BCUT2D eigenvalue weighted by molar-refractivity contribution is 0.0945. The first-order valence-corrected chi connectivity index (χ1v) is 12.4. The van der Waals surface area contributed by atoms with E-state index in [-0.39, 0.29) is 5.91 Å². The van der Waals surface area contributed by atoms with Crippen LogP contribution < -0.4 is 14.8 Å². The third kappa shape index (κ3) is 5.36. The van der Waals surface area contributed by atoms with Gasteiger partial charge in [0.2, 0.25) is 5.88 Å². The van der Waals surface area contributed by atoms with Crippen LogP contribution in [0.1, 0.15) is 41.6 Å². The van der Waals surface area contributed by atoms with Gasteiger partial charge in [0, 0.05) is 11.1 Å². The summed E-state index contributed by atoms with van der Waals surface area (Å²) in [6.45, 7) is 1.02. The number of rotatable bonds is 10. The fourth-order valence-corrected chi connectivity index (χ4v) is 4.12. The lowest BCUT2D eigenvalue weighted by Gasteiger charge is -2.11. The Morgan fingerprint density at radius 1 is 1.03 bits per heavy atom. The highest BCUT2D eigenvalue weighted by Crippen LogP contribution is 2.36. The van der Waals surface area contributed by atoms with Crippen LogP contribution in [-0.4, -0.2) is 35.8 Å². The standard InChI is InChI=1S/C25H25N3O5S/c29-24(28-25(10-11-25)34(30)31)19-8-6-18(7-9-19)15-32-21-3-1-2-20(12-21)22-13-27-23(14-26-22)33-16-17-4-5-17/h1-3,6-9,12-14,17,34H,4-5,10-11,15-16H2,(H,28,29). The second-order valence-electron chi connectivity index (χ2n) is 8.75. The van der Waals surface area contributed by atoms with Gasteiger partial charge in [-0.2, -0.15) is 0 Å². The van der Waals surface area contributed by atoms with Crippen LogP contribution in [0.15, 0.2) is 60.9 Å². The minimum Gasteiger partial charge on any atom is -0.489 e. The van der Waals surface area contributed by atoms with Crippen molar-refractivity contribution in [3.05, 3.63) is 72.1 Å². The number of hydrogen-bond donors (Lipinski definition) is 2. The molecule has 0 bridgehead atoms. The molecule has 1 amide bonds. The van der Waals surface area contributed by atoms with Gasteiger partial charge >= 0.3 is 0 Å². The van der Waals surface area contributed by atoms with Crippen molar-refractivity contribution in [3.8, 4) is 22.9 Å². The number of nitrogens with zero attached hydrogens (tertiary/aromatic N) is 2. The molecular formula is C25H25N3O5S. The molecule has 5 rings (SSSR count). The van der Waals surface area contributed by atoms with Crippen molar-refractivity contribution in [1.29, 1.82) is 0 Å². The molecule has 2 saturated carbocycles. The van der Waals surface area contributed by atoms with Crippen molar-refractivity contribution >= 4 is 16.6 Å². The highest BCUT2D eigenvalue weighted by atomic mass is 32.2. The molecule has 2 aliphatic rings. The second-order valence-corrected chi connectivity index (χ2v) is 10.1. The molecule has 0 aliphatic heterocycles. The minimum atomic E-state index is -2.68. The third-order valence-corrected chi connectivity index (χ3v) is 7.22. The molecule has 1 heterocycles. The molecule has 0 unspecified atom stereocenters. The lowest BCUT2D eigenvalue weighted by atomic mass is 10.1. The second kappa shape index (κ2) is 9.42. The van der Waals surface area contributed by atoms with Gasteiger partial charge in [0.25, 0.3) is 5.91 Å². The molecule has 0 spiro atoms. The maximum atomic E-state index is 12.3. The molecule has 2 aliphatic carbocycles. The number of hydrogen-bond acceptors (Lipinski definition) is 7. The Bertz CT molecular complexity index is 1240. The van der Waals surface area contributed by atoms with Crippen molar-refractivity contribution in [2.24, 2.45) is 5.92 Å². The van der Waals surface area contributed by atoms with Gasteiger partial charge in [0.1, 0.15) is 17.2 Å². The summed E-state index contributed by atoms with van der Waals surface area (Å²) in [5.74, 6) is 1.50. The quantitative estimate of drug-likeness (QED) is 0.430. The average molecular weight is 480 g/mol. The Morgan fingerprint density at radius 2 is 1.82 bits per heavy atom. The molecule has 1 N–H and O–H groups in total. The smallest absolute Gasteiger partial charge is 0.252 e. The lowest BCUT2D eigenvalue weighted by Crippen LogP contribution is -2.37. The number of ether oxygens (including phenoxy) is 2. The zero-order valence-corrected chi connectivity index (χ0v) is 19.4. The van der Waals surface area contributed by atoms with Crippen LogP contribution in [0.4, 0.5) is 0 Å². The van der Waals surface area contributed by atoms with Crippen molar-refractivity contribution in [2.45, 2.75) is 37.2 Å². The molecule has 8 nitrogen and oxygen atoms in total. The predicted molar refractivity (Wildman–Crippen MR) is 126 cm³/mol. The highest BCUT2D eigenvalue weighted by molar-refractivity contribution is 7.74. The van der Waals surface area contributed by atoms with E-state index < -0.39 is 15.6 Å². The van der Waals surface area contributed by atoms with Gasteiger partial charge in [-0.1, -0.05) is 24.3 Å². The Morgan fingerprint density at radius 3 is 2.47 bits per heavy atom. The van der Waals surface area contributed by atoms with E-state index in [0.29, 0.717) is 49.2 Å². The van der Waals surface area contributed by atoms with E-state index in [1.165, 1.54) is 12.8 Å². The molecule has 0 saturated heterocycles. The van der Waals surface area contributed by atoms with Gasteiger partial charge in [-0.15, -0.1) is 0 Å². The van der Waals surface area contributed by atoms with Crippen LogP contribution in [0.5, 0.6) is 11.6 Å². The summed E-state index contributed by atoms with van der Waals surface area (Å²) in [5, 5.41) is 2.61. The largest absolute Gasteiger partial charge is 0.489 e. The van der Waals surface area contributed by atoms with Gasteiger partial charge in [0.15, 0.2) is 10.7 Å². The van der Waals surface area contributed by atoms with Gasteiger partial charge in [-0.25, -0.2) is 18.4 Å². The molecule has 2 fully saturated rings. The zero-order valence-electron chi connectivity index (χ0n) is 18.5. The Hall–Kier alpha value is -3.46. The number of aromatic nitrogens is 2. The highest BCUT2D eigenvalue weighted by Gasteiger charge is 2.48. The molecule has 0 radical (unpaired) electrons. The first-order valence-electron chi connectivity index (χ1n) is 11.2. The fourth-order valence-electron chi connectivity index (χ4n) is 3.45. The summed E-state index contributed by atoms with van der Waals surface area (Å²) in [6.07, 6.45) is 6.72. The summed E-state index contributed by atoms with van der Waals surface area (Å²) in [5.41, 5.74) is 2.91. The third-order valence-electron chi connectivity index (χ3n) is 5.96. The van der Waals surface area contributed by atoms with Gasteiger partial charge in [0.05, 0.1) is 24.7 Å². The van der Waals surface area contributed by atoms with E-state index in [1.54, 1.807) is 36.7 Å². The van der Waals surface area contributed by atoms with Crippen LogP contribution in [0, 0.1) is 5.92 Å². The Labute approximate surface area is 199 Å². The number of carbonyl (C=O) groups is 1. The van der Waals surface area contributed by atoms with E-state index in [1.807, 2.05) is 24.3 Å². The van der Waals surface area contributed by atoms with Gasteiger partial charge in [-0.3, -0.25) is 4.79 Å². The number of thiol groups is 1. The van der Waals surface area contributed by atoms with Crippen LogP contribution in [0.3, 0.4) is 0 Å². The molecule has 3 aromatic rings. The summed E-state index contributed by atoms with van der Waals surface area (Å²) in [7, 11) is -2.68. The summed E-state index contributed by atoms with van der Waals surface area (Å²) < 4.78 is 34.2. The maximum Gasteiger partial charge on any atom is 0.252 e. The maximum absolute atomic E-state index is 12.3. The molecule has 176 valence electrons. The zero-order chi connectivity index (χ0) is 23.5. The van der Waals surface area contributed by atoms with E-state index in [4.69, 9.17) is 9.47 Å². The van der Waals surface area contributed by atoms with Crippen molar-refractivity contribution < 1.29 is 22.7 Å². The van der Waals surface area contributed by atoms with Crippen LogP contribution in [0.2, 0.25) is 0 Å². The number of nitrogens with one attached hydrogen (secondary N) is 1. The summed E-state index contributed by atoms with van der Waals surface area (Å²) in [6, 6.07) is 14.5. The molecule has 34 heavy (non-hydrogen) atoms. The predicted octanol–water partition coefficient (Wildman–Crippen LogP) is 3.34.